The highest BCUT2D eigenvalue weighted by atomic mass is 16.2. The highest BCUT2D eigenvalue weighted by molar-refractivity contribution is 5.93. The van der Waals surface area contributed by atoms with Crippen molar-refractivity contribution in [2.24, 2.45) is 5.92 Å². The predicted molar refractivity (Wildman–Crippen MR) is 61.3 cm³/mol. The summed E-state index contributed by atoms with van der Waals surface area (Å²) in [4.78, 5) is 11.6. The lowest BCUT2D eigenvalue weighted by Gasteiger charge is -2.17. The lowest BCUT2D eigenvalue weighted by molar-refractivity contribution is 0.0922. The van der Waals surface area contributed by atoms with Gasteiger partial charge in [-0.1, -0.05) is 32.0 Å². The molecule has 0 bridgehead atoms. The number of carbonyl (C=O) groups is 1. The maximum absolute atomic E-state index is 11.6. The van der Waals surface area contributed by atoms with Crippen LogP contribution in [-0.2, 0) is 0 Å². The van der Waals surface area contributed by atoms with Crippen LogP contribution in [0.25, 0.3) is 0 Å². The van der Waals surface area contributed by atoms with E-state index in [4.69, 9.17) is 0 Å². The number of rotatable bonds is 4. The molecule has 15 heavy (non-hydrogen) atoms. The SMILES string of the molecule is CC(C)[C@H](C)NNC(=O)c1ccccc1. The van der Waals surface area contributed by atoms with E-state index in [2.05, 4.69) is 24.7 Å². The second-order valence-electron chi connectivity index (χ2n) is 4.00. The molecule has 0 aromatic heterocycles. The first kappa shape index (κ1) is 11.7. The van der Waals surface area contributed by atoms with Gasteiger partial charge in [-0.05, 0) is 25.0 Å². The van der Waals surface area contributed by atoms with Crippen molar-refractivity contribution in [3.8, 4) is 0 Å². The molecule has 0 saturated carbocycles. The Kier molecular flexibility index (Phi) is 4.31. The molecule has 1 aromatic rings. The van der Waals surface area contributed by atoms with Gasteiger partial charge in [0.05, 0.1) is 0 Å². The fourth-order valence-electron chi connectivity index (χ4n) is 1.01. The molecule has 0 aliphatic heterocycles. The van der Waals surface area contributed by atoms with Gasteiger partial charge in [0.15, 0.2) is 0 Å². The number of hydrogen-bond donors (Lipinski definition) is 2. The highest BCUT2D eigenvalue weighted by Crippen LogP contribution is 2.00. The van der Waals surface area contributed by atoms with Gasteiger partial charge in [-0.2, -0.15) is 0 Å². The molecule has 1 rings (SSSR count). The fourth-order valence-corrected chi connectivity index (χ4v) is 1.01. The van der Waals surface area contributed by atoms with Crippen LogP contribution in [0.2, 0.25) is 0 Å². The summed E-state index contributed by atoms with van der Waals surface area (Å²) in [5, 5.41) is 0. The number of hydrogen-bond acceptors (Lipinski definition) is 2. The average molecular weight is 206 g/mol. The third-order valence-corrected chi connectivity index (χ3v) is 2.45. The Morgan fingerprint density at radius 2 is 1.73 bits per heavy atom. The topological polar surface area (TPSA) is 41.1 Å². The minimum Gasteiger partial charge on any atom is -0.287 e. The summed E-state index contributed by atoms with van der Waals surface area (Å²) in [5.41, 5.74) is 6.34. The molecule has 1 aromatic carbocycles. The standard InChI is InChI=1S/C12H18N2O/c1-9(2)10(3)13-14-12(15)11-7-5-4-6-8-11/h4-10,13H,1-3H3,(H,14,15)/t10-/m0/s1. The van der Waals surface area contributed by atoms with E-state index in [9.17, 15) is 4.79 Å². The first-order valence-corrected chi connectivity index (χ1v) is 5.22. The fraction of sp³-hybridized carbons (Fsp3) is 0.417. The number of hydrazine groups is 1. The van der Waals surface area contributed by atoms with E-state index in [1.807, 2.05) is 25.1 Å². The molecule has 1 amide bonds. The van der Waals surface area contributed by atoms with Crippen molar-refractivity contribution in [3.63, 3.8) is 0 Å². The van der Waals surface area contributed by atoms with Gasteiger partial charge in [0.1, 0.15) is 0 Å². The Labute approximate surface area is 90.9 Å². The Bertz CT molecular complexity index is 309. The van der Waals surface area contributed by atoms with Gasteiger partial charge in [0.25, 0.3) is 5.91 Å². The van der Waals surface area contributed by atoms with E-state index in [1.54, 1.807) is 12.1 Å². The van der Waals surface area contributed by atoms with Crippen LogP contribution < -0.4 is 10.9 Å². The third kappa shape index (κ3) is 3.72. The third-order valence-electron chi connectivity index (χ3n) is 2.45. The van der Waals surface area contributed by atoms with Gasteiger partial charge in [-0.3, -0.25) is 10.2 Å². The van der Waals surface area contributed by atoms with Gasteiger partial charge in [-0.25, -0.2) is 5.43 Å². The van der Waals surface area contributed by atoms with E-state index >= 15 is 0 Å². The van der Waals surface area contributed by atoms with Crippen molar-refractivity contribution in [1.82, 2.24) is 10.9 Å². The first-order valence-electron chi connectivity index (χ1n) is 5.22. The molecule has 3 nitrogen and oxygen atoms in total. The lowest BCUT2D eigenvalue weighted by atomic mass is 10.1. The van der Waals surface area contributed by atoms with Crippen molar-refractivity contribution in [3.05, 3.63) is 35.9 Å². The molecule has 2 N–H and O–H groups in total. The molecular formula is C12H18N2O. The lowest BCUT2D eigenvalue weighted by Crippen LogP contribution is -2.45. The monoisotopic (exact) mass is 206 g/mol. The van der Waals surface area contributed by atoms with E-state index in [0.29, 0.717) is 11.5 Å². The molecule has 1 atom stereocenters. The smallest absolute Gasteiger partial charge is 0.265 e. The van der Waals surface area contributed by atoms with Crippen LogP contribution in [0.5, 0.6) is 0 Å². The zero-order valence-electron chi connectivity index (χ0n) is 9.45. The van der Waals surface area contributed by atoms with Crippen molar-refractivity contribution in [2.75, 3.05) is 0 Å². The quantitative estimate of drug-likeness (QED) is 0.739. The normalized spacial score (nSPS) is 12.5. The maximum atomic E-state index is 11.6. The number of carbonyl (C=O) groups excluding carboxylic acids is 1. The Balaban J connectivity index is 2.44. The van der Waals surface area contributed by atoms with Crippen LogP contribution in [-0.4, -0.2) is 11.9 Å². The summed E-state index contributed by atoms with van der Waals surface area (Å²) in [6.07, 6.45) is 0. The number of benzene rings is 1. The van der Waals surface area contributed by atoms with E-state index < -0.39 is 0 Å². The van der Waals surface area contributed by atoms with Gasteiger partial charge in [0.2, 0.25) is 0 Å². The van der Waals surface area contributed by atoms with Crippen molar-refractivity contribution in [1.29, 1.82) is 0 Å². The van der Waals surface area contributed by atoms with Crippen LogP contribution in [0.15, 0.2) is 30.3 Å². The predicted octanol–water partition coefficient (Wildman–Crippen LogP) is 1.97. The summed E-state index contributed by atoms with van der Waals surface area (Å²) in [7, 11) is 0. The molecular weight excluding hydrogens is 188 g/mol. The van der Waals surface area contributed by atoms with Crippen LogP contribution in [0, 0.1) is 5.92 Å². The van der Waals surface area contributed by atoms with Crippen LogP contribution in [0.1, 0.15) is 31.1 Å². The summed E-state index contributed by atoms with van der Waals surface area (Å²) >= 11 is 0. The summed E-state index contributed by atoms with van der Waals surface area (Å²) in [6.45, 7) is 6.24. The van der Waals surface area contributed by atoms with Crippen LogP contribution in [0.3, 0.4) is 0 Å². The Morgan fingerprint density at radius 3 is 2.27 bits per heavy atom. The molecule has 82 valence electrons. The highest BCUT2D eigenvalue weighted by Gasteiger charge is 2.08. The largest absolute Gasteiger partial charge is 0.287 e. The number of nitrogens with one attached hydrogen (secondary N) is 2. The minimum atomic E-state index is -0.0944. The minimum absolute atomic E-state index is 0.0944. The van der Waals surface area contributed by atoms with Gasteiger partial charge < -0.3 is 0 Å². The summed E-state index contributed by atoms with van der Waals surface area (Å²) in [6, 6.07) is 9.43. The molecule has 0 radical (unpaired) electrons. The van der Waals surface area contributed by atoms with Gasteiger partial charge in [-0.15, -0.1) is 0 Å². The Hall–Kier alpha value is -1.35. The second kappa shape index (κ2) is 5.51. The molecule has 0 aliphatic carbocycles. The first-order chi connectivity index (χ1) is 7.11. The van der Waals surface area contributed by atoms with Crippen LogP contribution in [0.4, 0.5) is 0 Å². The van der Waals surface area contributed by atoms with Crippen LogP contribution >= 0.6 is 0 Å². The Morgan fingerprint density at radius 1 is 1.13 bits per heavy atom. The average Bonchev–Trinajstić information content (AvgIpc) is 2.26. The summed E-state index contributed by atoms with van der Waals surface area (Å²) < 4.78 is 0. The molecule has 3 heteroatoms. The van der Waals surface area contributed by atoms with Crippen molar-refractivity contribution < 1.29 is 4.79 Å². The molecule has 0 heterocycles. The molecule has 0 fully saturated rings. The van der Waals surface area contributed by atoms with Gasteiger partial charge in [0, 0.05) is 11.6 Å². The molecule has 0 spiro atoms. The van der Waals surface area contributed by atoms with E-state index in [-0.39, 0.29) is 11.9 Å². The van der Waals surface area contributed by atoms with E-state index in [1.165, 1.54) is 0 Å². The zero-order chi connectivity index (χ0) is 11.3. The van der Waals surface area contributed by atoms with Crippen molar-refractivity contribution in [2.45, 2.75) is 26.8 Å². The maximum Gasteiger partial charge on any atom is 0.265 e. The second-order valence-corrected chi connectivity index (χ2v) is 4.00. The number of amides is 1. The van der Waals surface area contributed by atoms with Crippen molar-refractivity contribution >= 4 is 5.91 Å². The molecule has 0 saturated heterocycles. The van der Waals surface area contributed by atoms with Gasteiger partial charge >= 0.3 is 0 Å². The summed E-state index contributed by atoms with van der Waals surface area (Å²) in [5.74, 6) is 0.393. The molecule has 0 unspecified atom stereocenters. The molecule has 0 aliphatic rings. The zero-order valence-corrected chi connectivity index (χ0v) is 9.45. The van der Waals surface area contributed by atoms with E-state index in [0.717, 1.165) is 0 Å².